The molecule has 0 spiro atoms. The van der Waals surface area contributed by atoms with E-state index in [0.717, 1.165) is 24.4 Å². The van der Waals surface area contributed by atoms with Crippen molar-refractivity contribution >= 4 is 11.9 Å². The van der Waals surface area contributed by atoms with Crippen molar-refractivity contribution < 1.29 is 4.79 Å². The second-order valence-corrected chi connectivity index (χ2v) is 4.43. The first-order valence-corrected chi connectivity index (χ1v) is 5.80. The van der Waals surface area contributed by atoms with E-state index in [1.54, 1.807) is 0 Å². The molecule has 1 aliphatic rings. The van der Waals surface area contributed by atoms with Crippen LogP contribution < -0.4 is 10.6 Å². The van der Waals surface area contributed by atoms with E-state index in [2.05, 4.69) is 25.8 Å². The summed E-state index contributed by atoms with van der Waals surface area (Å²) in [5.74, 6) is 0.241. The fourth-order valence-corrected chi connectivity index (χ4v) is 1.93. The Balaban J connectivity index is 2.05. The van der Waals surface area contributed by atoms with Gasteiger partial charge in [-0.15, -0.1) is 5.10 Å². The predicted octanol–water partition coefficient (Wildman–Crippen LogP) is 0.425. The van der Waals surface area contributed by atoms with E-state index < -0.39 is 0 Å². The molecule has 2 unspecified atom stereocenters. The smallest absolute Gasteiger partial charge is 0.249 e. The van der Waals surface area contributed by atoms with E-state index in [4.69, 9.17) is 0 Å². The number of carbonyl (C=O) groups excluding carboxylic acids is 1. The molecule has 2 heterocycles. The molecule has 0 bridgehead atoms. The zero-order chi connectivity index (χ0) is 12.4. The molecule has 1 amide bonds. The first kappa shape index (κ1) is 11.9. The summed E-state index contributed by atoms with van der Waals surface area (Å²) >= 11 is 0. The average Bonchev–Trinajstić information content (AvgIpc) is 2.70. The minimum atomic E-state index is -0.0347. The highest BCUT2D eigenvalue weighted by atomic mass is 16.2. The van der Waals surface area contributed by atoms with Crippen LogP contribution in [0.5, 0.6) is 0 Å². The van der Waals surface area contributed by atoms with Gasteiger partial charge in [0.15, 0.2) is 0 Å². The number of nitrogens with one attached hydrogen (secondary N) is 2. The number of carbonyl (C=O) groups is 1. The van der Waals surface area contributed by atoms with Crippen LogP contribution in [0.4, 0.5) is 5.95 Å². The van der Waals surface area contributed by atoms with Crippen molar-refractivity contribution in [2.24, 2.45) is 5.92 Å². The summed E-state index contributed by atoms with van der Waals surface area (Å²) in [5.41, 5.74) is 1.56. The van der Waals surface area contributed by atoms with Crippen LogP contribution in [-0.4, -0.2) is 33.7 Å². The number of hydrogen-bond donors (Lipinski definition) is 2. The van der Waals surface area contributed by atoms with Crippen molar-refractivity contribution in [2.75, 3.05) is 11.9 Å². The zero-order valence-corrected chi connectivity index (χ0v) is 10.3. The molecular weight excluding hydrogens is 218 g/mol. The molecule has 92 valence electrons. The van der Waals surface area contributed by atoms with Crippen LogP contribution in [-0.2, 0) is 4.79 Å². The predicted molar refractivity (Wildman–Crippen MR) is 63.5 cm³/mol. The van der Waals surface area contributed by atoms with Crippen molar-refractivity contribution in [3.05, 3.63) is 11.4 Å². The maximum Gasteiger partial charge on any atom is 0.249 e. The van der Waals surface area contributed by atoms with Gasteiger partial charge in [0.1, 0.15) is 0 Å². The van der Waals surface area contributed by atoms with Crippen molar-refractivity contribution in [3.8, 4) is 0 Å². The van der Waals surface area contributed by atoms with E-state index in [0.29, 0.717) is 0 Å². The third-order valence-electron chi connectivity index (χ3n) is 3.19. The summed E-state index contributed by atoms with van der Waals surface area (Å²) < 4.78 is 0. The van der Waals surface area contributed by atoms with Gasteiger partial charge in [-0.25, -0.2) is 4.98 Å². The Morgan fingerprint density at radius 1 is 1.35 bits per heavy atom. The van der Waals surface area contributed by atoms with Crippen LogP contribution in [0, 0.1) is 19.8 Å². The lowest BCUT2D eigenvalue weighted by Crippen LogP contribution is -2.32. The van der Waals surface area contributed by atoms with Crippen LogP contribution >= 0.6 is 0 Å². The topological polar surface area (TPSA) is 79.8 Å². The summed E-state index contributed by atoms with van der Waals surface area (Å²) in [5, 5.41) is 13.8. The molecular formula is C11H17N5O. The van der Waals surface area contributed by atoms with Crippen LogP contribution in [0.25, 0.3) is 0 Å². The molecule has 1 fully saturated rings. The zero-order valence-electron chi connectivity index (χ0n) is 10.3. The largest absolute Gasteiger partial charge is 0.313 e. The van der Waals surface area contributed by atoms with Crippen molar-refractivity contribution in [1.82, 2.24) is 20.5 Å². The maximum atomic E-state index is 12.0. The summed E-state index contributed by atoms with van der Waals surface area (Å²) in [6, 6.07) is 0.203. The quantitative estimate of drug-likeness (QED) is 0.776. The molecule has 0 aromatic carbocycles. The number of aryl methyl sites for hydroxylation is 2. The molecule has 0 aliphatic carbocycles. The Morgan fingerprint density at radius 2 is 2.12 bits per heavy atom. The van der Waals surface area contributed by atoms with Crippen LogP contribution in [0.3, 0.4) is 0 Å². The standard InChI is InChI=1S/C11H17N5O/c1-6-7(2)15-16-11(13-6)14-10(17)9-4-5-12-8(9)3/h8-9,12H,4-5H2,1-3H3,(H,13,14,16,17). The Bertz CT molecular complexity index is 434. The summed E-state index contributed by atoms with van der Waals surface area (Å²) in [7, 11) is 0. The molecule has 1 aromatic heterocycles. The summed E-state index contributed by atoms with van der Waals surface area (Å²) in [4.78, 5) is 16.1. The number of rotatable bonds is 2. The lowest BCUT2D eigenvalue weighted by atomic mass is 10.0. The van der Waals surface area contributed by atoms with Crippen LogP contribution in [0.15, 0.2) is 0 Å². The Labute approximate surface area is 100 Å². The highest BCUT2D eigenvalue weighted by Gasteiger charge is 2.29. The van der Waals surface area contributed by atoms with Gasteiger partial charge < -0.3 is 5.32 Å². The number of aromatic nitrogens is 3. The molecule has 6 heteroatoms. The minimum absolute atomic E-state index is 0.0137. The Morgan fingerprint density at radius 3 is 2.71 bits per heavy atom. The van der Waals surface area contributed by atoms with Crippen molar-refractivity contribution in [1.29, 1.82) is 0 Å². The van der Waals surface area contributed by atoms with Gasteiger partial charge in [0.2, 0.25) is 11.9 Å². The minimum Gasteiger partial charge on any atom is -0.313 e. The van der Waals surface area contributed by atoms with E-state index in [1.807, 2.05) is 20.8 Å². The molecule has 1 saturated heterocycles. The first-order valence-electron chi connectivity index (χ1n) is 5.80. The first-order chi connectivity index (χ1) is 8.08. The molecule has 0 radical (unpaired) electrons. The van der Waals surface area contributed by atoms with Gasteiger partial charge in [0.25, 0.3) is 0 Å². The third-order valence-corrected chi connectivity index (χ3v) is 3.19. The third kappa shape index (κ3) is 2.58. The second kappa shape index (κ2) is 4.75. The van der Waals surface area contributed by atoms with Crippen molar-refractivity contribution in [2.45, 2.75) is 33.2 Å². The van der Waals surface area contributed by atoms with Crippen molar-refractivity contribution in [3.63, 3.8) is 0 Å². The van der Waals surface area contributed by atoms with E-state index in [1.165, 1.54) is 0 Å². The van der Waals surface area contributed by atoms with Gasteiger partial charge in [-0.05, 0) is 33.7 Å². The fraction of sp³-hybridized carbons (Fsp3) is 0.636. The lowest BCUT2D eigenvalue weighted by molar-refractivity contribution is -0.120. The molecule has 17 heavy (non-hydrogen) atoms. The molecule has 2 rings (SSSR count). The van der Waals surface area contributed by atoms with Gasteiger partial charge in [0, 0.05) is 6.04 Å². The monoisotopic (exact) mass is 235 g/mol. The molecule has 2 N–H and O–H groups in total. The summed E-state index contributed by atoms with van der Waals surface area (Å²) in [6.07, 6.45) is 0.852. The average molecular weight is 235 g/mol. The molecule has 6 nitrogen and oxygen atoms in total. The van der Waals surface area contributed by atoms with Gasteiger partial charge in [-0.3, -0.25) is 10.1 Å². The van der Waals surface area contributed by atoms with Gasteiger partial charge in [-0.1, -0.05) is 0 Å². The molecule has 1 aromatic rings. The van der Waals surface area contributed by atoms with E-state index in [9.17, 15) is 4.79 Å². The number of hydrogen-bond acceptors (Lipinski definition) is 5. The Hall–Kier alpha value is -1.56. The second-order valence-electron chi connectivity index (χ2n) is 4.43. The number of anilines is 1. The van der Waals surface area contributed by atoms with E-state index in [-0.39, 0.29) is 23.8 Å². The lowest BCUT2D eigenvalue weighted by Gasteiger charge is -2.13. The number of nitrogens with zero attached hydrogens (tertiary/aromatic N) is 3. The van der Waals surface area contributed by atoms with Gasteiger partial charge in [-0.2, -0.15) is 5.10 Å². The van der Waals surface area contributed by atoms with E-state index >= 15 is 0 Å². The SMILES string of the molecule is Cc1nnc(NC(=O)C2CCNC2C)nc1C. The van der Waals surface area contributed by atoms with Gasteiger partial charge in [0.05, 0.1) is 17.3 Å². The Kier molecular flexibility index (Phi) is 3.33. The van der Waals surface area contributed by atoms with Gasteiger partial charge >= 0.3 is 0 Å². The highest BCUT2D eigenvalue weighted by Crippen LogP contribution is 2.16. The fourth-order valence-electron chi connectivity index (χ4n) is 1.93. The normalized spacial score (nSPS) is 23.7. The highest BCUT2D eigenvalue weighted by molar-refractivity contribution is 5.91. The van der Waals surface area contributed by atoms with Crippen LogP contribution in [0.2, 0.25) is 0 Å². The van der Waals surface area contributed by atoms with Crippen LogP contribution in [0.1, 0.15) is 24.7 Å². The molecule has 2 atom stereocenters. The molecule has 1 aliphatic heterocycles. The maximum absolute atomic E-state index is 12.0. The summed E-state index contributed by atoms with van der Waals surface area (Å²) in [6.45, 7) is 6.57. The molecule has 0 saturated carbocycles. The number of amides is 1.